The summed E-state index contributed by atoms with van der Waals surface area (Å²) in [6.07, 6.45) is 2.88. The number of aliphatic hydroxyl groups is 1. The smallest absolute Gasteiger partial charge is 0.123 e. The predicted octanol–water partition coefficient (Wildman–Crippen LogP) is 3.31. The van der Waals surface area contributed by atoms with Crippen LogP contribution in [0.4, 0.5) is 10.1 Å². The summed E-state index contributed by atoms with van der Waals surface area (Å²) in [6, 6.07) is 4.97. The van der Waals surface area contributed by atoms with Crippen LogP contribution in [0.25, 0.3) is 0 Å². The summed E-state index contributed by atoms with van der Waals surface area (Å²) in [5.41, 5.74) is 2.05. The Hall–Kier alpha value is -1.13. The fourth-order valence-corrected chi connectivity index (χ4v) is 2.19. The third-order valence-corrected chi connectivity index (χ3v) is 3.41. The predicted molar refractivity (Wildman–Crippen MR) is 87.2 cm³/mol. The molecule has 0 aliphatic carbocycles. The minimum absolute atomic E-state index is 0.00326. The lowest BCUT2D eigenvalue weighted by Gasteiger charge is -2.26. The van der Waals surface area contributed by atoms with Crippen LogP contribution >= 0.6 is 0 Å². The minimum atomic E-state index is -0.196. The first-order valence-electron chi connectivity index (χ1n) is 7.69. The highest BCUT2D eigenvalue weighted by Gasteiger charge is 2.13. The first-order valence-corrected chi connectivity index (χ1v) is 7.69. The van der Waals surface area contributed by atoms with Gasteiger partial charge in [0.1, 0.15) is 5.82 Å². The number of hydrogen-bond donors (Lipinski definition) is 2. The summed E-state index contributed by atoms with van der Waals surface area (Å²) < 4.78 is 13.5. The first-order chi connectivity index (χ1) is 9.83. The second kappa shape index (κ2) is 8.35. The third kappa shape index (κ3) is 6.91. The van der Waals surface area contributed by atoms with Crippen LogP contribution in [0, 0.1) is 5.82 Å². The molecule has 0 saturated carbocycles. The van der Waals surface area contributed by atoms with Gasteiger partial charge in [0.15, 0.2) is 0 Å². The Balaban J connectivity index is 2.71. The van der Waals surface area contributed by atoms with Gasteiger partial charge in [0.2, 0.25) is 0 Å². The first kappa shape index (κ1) is 17.9. The lowest BCUT2D eigenvalue weighted by Crippen LogP contribution is -2.35. The van der Waals surface area contributed by atoms with Gasteiger partial charge in [0.05, 0.1) is 0 Å². The molecule has 0 aliphatic heterocycles. The summed E-state index contributed by atoms with van der Waals surface area (Å²) in [4.78, 5) is 2.16. The van der Waals surface area contributed by atoms with Crippen molar-refractivity contribution in [2.45, 2.75) is 52.1 Å². The van der Waals surface area contributed by atoms with Crippen LogP contribution in [0.1, 0.15) is 45.6 Å². The van der Waals surface area contributed by atoms with Crippen molar-refractivity contribution in [1.29, 1.82) is 0 Å². The molecule has 21 heavy (non-hydrogen) atoms. The number of rotatable bonds is 8. The summed E-state index contributed by atoms with van der Waals surface area (Å²) in [6.45, 7) is 8.12. The van der Waals surface area contributed by atoms with Crippen LogP contribution < -0.4 is 10.2 Å². The Morgan fingerprint density at radius 1 is 1.19 bits per heavy atom. The van der Waals surface area contributed by atoms with Crippen LogP contribution in [-0.4, -0.2) is 30.8 Å². The summed E-state index contributed by atoms with van der Waals surface area (Å²) in [5.74, 6) is -0.196. The van der Waals surface area contributed by atoms with Gasteiger partial charge < -0.3 is 15.3 Å². The van der Waals surface area contributed by atoms with Gasteiger partial charge in [-0.25, -0.2) is 4.39 Å². The molecule has 0 heterocycles. The highest BCUT2D eigenvalue weighted by molar-refractivity contribution is 5.53. The molecule has 0 spiro atoms. The second-order valence-corrected chi connectivity index (χ2v) is 6.58. The van der Waals surface area contributed by atoms with E-state index in [1.54, 1.807) is 6.07 Å². The Morgan fingerprint density at radius 3 is 2.52 bits per heavy atom. The molecular formula is C17H29FN2O. The van der Waals surface area contributed by atoms with Crippen molar-refractivity contribution in [2.75, 3.05) is 25.1 Å². The van der Waals surface area contributed by atoms with E-state index in [2.05, 4.69) is 31.0 Å². The average Bonchev–Trinajstić information content (AvgIpc) is 2.40. The fraction of sp³-hybridized carbons (Fsp3) is 0.647. The molecule has 1 aromatic carbocycles. The Bertz CT molecular complexity index is 429. The van der Waals surface area contributed by atoms with Gasteiger partial charge in [0, 0.05) is 38.0 Å². The molecule has 0 fully saturated rings. The molecular weight excluding hydrogens is 267 g/mol. The molecule has 1 rings (SSSR count). The molecule has 3 nitrogen and oxygen atoms in total. The van der Waals surface area contributed by atoms with E-state index < -0.39 is 0 Å². The zero-order chi connectivity index (χ0) is 15.9. The topological polar surface area (TPSA) is 35.5 Å². The maximum atomic E-state index is 13.5. The van der Waals surface area contributed by atoms with Crippen molar-refractivity contribution in [3.63, 3.8) is 0 Å². The van der Waals surface area contributed by atoms with Gasteiger partial charge in [-0.15, -0.1) is 0 Å². The zero-order valence-corrected chi connectivity index (χ0v) is 13.7. The van der Waals surface area contributed by atoms with Crippen molar-refractivity contribution >= 4 is 5.69 Å². The summed E-state index contributed by atoms with van der Waals surface area (Å²) in [5, 5.41) is 12.2. The molecule has 1 aromatic rings. The normalized spacial score (nSPS) is 11.7. The van der Waals surface area contributed by atoms with Crippen molar-refractivity contribution in [2.24, 2.45) is 0 Å². The van der Waals surface area contributed by atoms with Crippen LogP contribution in [-0.2, 0) is 6.54 Å². The molecule has 2 N–H and O–H groups in total. The van der Waals surface area contributed by atoms with E-state index in [4.69, 9.17) is 5.11 Å². The largest absolute Gasteiger partial charge is 0.396 e. The van der Waals surface area contributed by atoms with E-state index in [9.17, 15) is 4.39 Å². The number of aliphatic hydroxyl groups excluding tert-OH is 1. The third-order valence-electron chi connectivity index (χ3n) is 3.41. The van der Waals surface area contributed by atoms with Gasteiger partial charge in [-0.05, 0) is 63.8 Å². The number of nitrogens with zero attached hydrogens (tertiary/aromatic N) is 1. The number of benzene rings is 1. The van der Waals surface area contributed by atoms with Crippen molar-refractivity contribution < 1.29 is 9.50 Å². The summed E-state index contributed by atoms with van der Waals surface area (Å²) >= 11 is 0. The van der Waals surface area contributed by atoms with Gasteiger partial charge in [-0.3, -0.25) is 0 Å². The lowest BCUT2D eigenvalue weighted by atomic mass is 10.1. The maximum absolute atomic E-state index is 13.5. The second-order valence-electron chi connectivity index (χ2n) is 6.58. The average molecular weight is 296 g/mol. The number of nitrogens with one attached hydrogen (secondary N) is 1. The minimum Gasteiger partial charge on any atom is -0.396 e. The Morgan fingerprint density at radius 2 is 1.90 bits per heavy atom. The molecule has 0 bridgehead atoms. The molecule has 0 aromatic heterocycles. The maximum Gasteiger partial charge on any atom is 0.123 e. The molecule has 4 heteroatoms. The fourth-order valence-electron chi connectivity index (χ4n) is 2.19. The number of halogens is 1. The molecule has 0 amide bonds. The van der Waals surface area contributed by atoms with Crippen molar-refractivity contribution in [1.82, 2.24) is 5.32 Å². The van der Waals surface area contributed by atoms with E-state index in [0.717, 1.165) is 37.1 Å². The highest BCUT2D eigenvalue weighted by atomic mass is 19.1. The van der Waals surface area contributed by atoms with Gasteiger partial charge in [-0.1, -0.05) is 0 Å². The van der Waals surface area contributed by atoms with Gasteiger partial charge in [0.25, 0.3) is 0 Å². The van der Waals surface area contributed by atoms with E-state index >= 15 is 0 Å². The van der Waals surface area contributed by atoms with E-state index in [1.807, 2.05) is 13.1 Å². The Labute approximate surface area is 128 Å². The van der Waals surface area contributed by atoms with Crippen LogP contribution in [0.2, 0.25) is 0 Å². The molecule has 120 valence electrons. The molecule has 0 radical (unpaired) electrons. The van der Waals surface area contributed by atoms with Crippen LogP contribution in [0.3, 0.4) is 0 Å². The van der Waals surface area contributed by atoms with E-state index in [0.29, 0.717) is 6.54 Å². The highest BCUT2D eigenvalue weighted by Crippen LogP contribution is 2.22. The van der Waals surface area contributed by atoms with Crippen LogP contribution in [0.15, 0.2) is 18.2 Å². The monoisotopic (exact) mass is 296 g/mol. The number of anilines is 1. The van der Waals surface area contributed by atoms with Crippen LogP contribution in [0.5, 0.6) is 0 Å². The Kier molecular flexibility index (Phi) is 7.12. The molecule has 0 aliphatic rings. The molecule has 0 unspecified atom stereocenters. The van der Waals surface area contributed by atoms with E-state index in [1.165, 1.54) is 6.07 Å². The van der Waals surface area contributed by atoms with Gasteiger partial charge in [-0.2, -0.15) is 0 Å². The van der Waals surface area contributed by atoms with Gasteiger partial charge >= 0.3 is 0 Å². The van der Waals surface area contributed by atoms with Crippen molar-refractivity contribution in [3.8, 4) is 0 Å². The number of hydrogen-bond acceptors (Lipinski definition) is 3. The SMILES string of the molecule is CN(CCCCCO)c1ccc(F)cc1CNC(C)(C)C. The zero-order valence-electron chi connectivity index (χ0n) is 13.7. The molecule has 0 saturated heterocycles. The summed E-state index contributed by atoms with van der Waals surface area (Å²) in [7, 11) is 2.03. The van der Waals surface area contributed by atoms with Crippen molar-refractivity contribution in [3.05, 3.63) is 29.6 Å². The standard InChI is InChI=1S/C17H29FN2O/c1-17(2,3)19-13-14-12-15(18)8-9-16(14)20(4)10-6-5-7-11-21/h8-9,12,19,21H,5-7,10-11,13H2,1-4H3. The molecule has 0 atom stereocenters. The number of unbranched alkanes of at least 4 members (excludes halogenated alkanes) is 2. The van der Waals surface area contributed by atoms with E-state index in [-0.39, 0.29) is 18.0 Å². The lowest BCUT2D eigenvalue weighted by molar-refractivity contribution is 0.283. The quantitative estimate of drug-likeness (QED) is 0.722.